The maximum Gasteiger partial charge on any atom is 0.0541 e. The topological polar surface area (TPSA) is 9.86 Å². The molecule has 12 aromatic carbocycles. The van der Waals surface area contributed by atoms with Crippen LogP contribution < -0.4 is 0 Å². The Morgan fingerprint density at radius 3 is 1.14 bits per heavy atom. The number of para-hydroxylation sites is 3. The van der Waals surface area contributed by atoms with Crippen molar-refractivity contribution in [2.45, 2.75) is 0 Å². The van der Waals surface area contributed by atoms with E-state index in [1.165, 1.54) is 122 Å². The minimum Gasteiger partial charge on any atom is -0.309 e. The van der Waals surface area contributed by atoms with E-state index in [0.29, 0.717) is 0 Å². The maximum absolute atomic E-state index is 2.46. The Labute approximate surface area is 431 Å². The van der Waals surface area contributed by atoms with Crippen molar-refractivity contribution in [2.24, 2.45) is 0 Å². The van der Waals surface area contributed by atoms with E-state index in [1.54, 1.807) is 0 Å². The Morgan fingerprint density at radius 2 is 0.541 bits per heavy atom. The van der Waals surface area contributed by atoms with Gasteiger partial charge in [-0.25, -0.2) is 0 Å². The summed E-state index contributed by atoms with van der Waals surface area (Å²) < 4.78 is 4.88. The van der Waals surface area contributed by atoms with Crippen LogP contribution in [0.4, 0.5) is 0 Å². The largest absolute Gasteiger partial charge is 0.309 e. The van der Waals surface area contributed by atoms with Gasteiger partial charge in [-0.3, -0.25) is 0 Å². The van der Waals surface area contributed by atoms with E-state index in [9.17, 15) is 0 Å². The molecule has 14 aromatic rings. The smallest absolute Gasteiger partial charge is 0.0541 e. The minimum atomic E-state index is 1.15. The molecule has 0 spiro atoms. The first kappa shape index (κ1) is 43.1. The molecule has 0 amide bonds. The number of benzene rings is 12. The van der Waals surface area contributed by atoms with Crippen molar-refractivity contribution in [2.75, 3.05) is 0 Å². The summed E-state index contributed by atoms with van der Waals surface area (Å²) in [7, 11) is 0. The van der Waals surface area contributed by atoms with Crippen LogP contribution in [0.15, 0.2) is 291 Å². The SMILES string of the molecule is c1ccc(-c2cccc(-c3cccc(-c4ccc(-c5ccccc5-c5ccccc5-n5c6ccccc6c6cc(-c7ccc8c(c7)c7ccccc7n8-c7cccc(-c8ccccc8)c7)ccc65)cc4)c3)c2)cc1. The van der Waals surface area contributed by atoms with Gasteiger partial charge in [-0.2, -0.15) is 0 Å². The van der Waals surface area contributed by atoms with Gasteiger partial charge in [0.15, 0.2) is 0 Å². The molecule has 0 saturated carbocycles. The standard InChI is InChI=1S/C72H48N2/c1-3-18-49(19-4-1)53-22-15-24-55(44-53)56-25-16-23-54(45-56)51-36-38-52(39-37-51)61-28-7-8-29-62(61)63-30-9-13-34-69(63)74-70-35-14-11-32-65(70)67-48-59(41-43-72(67)74)58-40-42-71-66(47-58)64-31-10-12-33-68(64)73(71)60-27-17-26-57(46-60)50-20-5-2-6-21-50/h1-48H. The van der Waals surface area contributed by atoms with Crippen molar-refractivity contribution in [3.63, 3.8) is 0 Å². The van der Waals surface area contributed by atoms with Gasteiger partial charge in [-0.15, -0.1) is 0 Å². The predicted octanol–water partition coefficient (Wildman–Crippen LogP) is 19.5. The summed E-state index contributed by atoms with van der Waals surface area (Å²) in [6.07, 6.45) is 0. The highest BCUT2D eigenvalue weighted by Gasteiger charge is 2.20. The van der Waals surface area contributed by atoms with Gasteiger partial charge in [0.1, 0.15) is 0 Å². The van der Waals surface area contributed by atoms with Crippen molar-refractivity contribution in [1.82, 2.24) is 9.13 Å². The molecule has 0 unspecified atom stereocenters. The predicted molar refractivity (Wildman–Crippen MR) is 313 cm³/mol. The Balaban J connectivity index is 0.820. The number of rotatable bonds is 9. The van der Waals surface area contributed by atoms with Gasteiger partial charge < -0.3 is 9.13 Å². The molecule has 2 heterocycles. The summed E-state index contributed by atoms with van der Waals surface area (Å²) in [6.45, 7) is 0. The van der Waals surface area contributed by atoms with Crippen LogP contribution in [0.1, 0.15) is 0 Å². The van der Waals surface area contributed by atoms with E-state index < -0.39 is 0 Å². The fourth-order valence-electron chi connectivity index (χ4n) is 11.4. The third-order valence-electron chi connectivity index (χ3n) is 14.9. The average Bonchev–Trinajstić information content (AvgIpc) is 4.03. The van der Waals surface area contributed by atoms with E-state index >= 15 is 0 Å². The van der Waals surface area contributed by atoms with E-state index in [2.05, 4.69) is 300 Å². The van der Waals surface area contributed by atoms with Gasteiger partial charge in [-0.05, 0) is 139 Å². The van der Waals surface area contributed by atoms with Crippen molar-refractivity contribution in [1.29, 1.82) is 0 Å². The first-order chi connectivity index (χ1) is 36.7. The number of hydrogen-bond donors (Lipinski definition) is 0. The summed E-state index contributed by atoms with van der Waals surface area (Å²) in [5.41, 5.74) is 23.8. The lowest BCUT2D eigenvalue weighted by molar-refractivity contribution is 1.18. The van der Waals surface area contributed by atoms with Gasteiger partial charge in [0, 0.05) is 32.8 Å². The molecule has 0 bridgehead atoms. The lowest BCUT2D eigenvalue weighted by atomic mass is 9.92. The van der Waals surface area contributed by atoms with E-state index in [0.717, 1.165) is 11.4 Å². The molecule has 14 rings (SSSR count). The highest BCUT2D eigenvalue weighted by Crippen LogP contribution is 2.42. The number of hydrogen-bond acceptors (Lipinski definition) is 0. The van der Waals surface area contributed by atoms with Crippen LogP contribution in [-0.2, 0) is 0 Å². The van der Waals surface area contributed by atoms with Crippen LogP contribution in [0.5, 0.6) is 0 Å². The first-order valence-corrected chi connectivity index (χ1v) is 25.5. The number of aromatic nitrogens is 2. The summed E-state index contributed by atoms with van der Waals surface area (Å²) in [5, 5.41) is 4.94. The lowest BCUT2D eigenvalue weighted by Crippen LogP contribution is -1.98. The van der Waals surface area contributed by atoms with E-state index in [1.807, 2.05) is 0 Å². The van der Waals surface area contributed by atoms with Gasteiger partial charge >= 0.3 is 0 Å². The van der Waals surface area contributed by atoms with Crippen LogP contribution in [0.25, 0.3) is 133 Å². The fraction of sp³-hybridized carbons (Fsp3) is 0. The highest BCUT2D eigenvalue weighted by molar-refractivity contribution is 6.13. The second-order valence-corrected chi connectivity index (χ2v) is 19.3. The van der Waals surface area contributed by atoms with Gasteiger partial charge in [0.2, 0.25) is 0 Å². The fourth-order valence-corrected chi connectivity index (χ4v) is 11.4. The van der Waals surface area contributed by atoms with Crippen LogP contribution >= 0.6 is 0 Å². The minimum absolute atomic E-state index is 1.15. The molecular weight excluding hydrogens is 893 g/mol. The maximum atomic E-state index is 2.46. The Morgan fingerprint density at radius 1 is 0.176 bits per heavy atom. The van der Waals surface area contributed by atoms with Gasteiger partial charge in [0.25, 0.3) is 0 Å². The zero-order valence-corrected chi connectivity index (χ0v) is 40.6. The van der Waals surface area contributed by atoms with E-state index in [4.69, 9.17) is 0 Å². The molecule has 0 aliphatic rings. The molecule has 74 heavy (non-hydrogen) atoms. The van der Waals surface area contributed by atoms with Crippen LogP contribution in [0.2, 0.25) is 0 Å². The lowest BCUT2D eigenvalue weighted by Gasteiger charge is -2.17. The average molecular weight is 941 g/mol. The number of fused-ring (bicyclic) bond motifs is 6. The number of nitrogens with zero attached hydrogens (tertiary/aromatic N) is 2. The van der Waals surface area contributed by atoms with Crippen LogP contribution in [0.3, 0.4) is 0 Å². The molecule has 2 aromatic heterocycles. The molecule has 2 nitrogen and oxygen atoms in total. The van der Waals surface area contributed by atoms with Gasteiger partial charge in [0.05, 0.1) is 27.8 Å². The van der Waals surface area contributed by atoms with Crippen molar-refractivity contribution in [3.05, 3.63) is 291 Å². The monoisotopic (exact) mass is 940 g/mol. The molecular formula is C72H48N2. The molecule has 0 N–H and O–H groups in total. The molecule has 0 saturated heterocycles. The Kier molecular flexibility index (Phi) is 10.6. The van der Waals surface area contributed by atoms with E-state index in [-0.39, 0.29) is 0 Å². The molecule has 346 valence electrons. The molecule has 0 fully saturated rings. The van der Waals surface area contributed by atoms with Crippen molar-refractivity contribution >= 4 is 43.6 Å². The summed E-state index contributed by atoms with van der Waals surface area (Å²) in [4.78, 5) is 0. The zero-order chi connectivity index (χ0) is 49.0. The summed E-state index contributed by atoms with van der Waals surface area (Å²) in [6, 6.07) is 106. The summed E-state index contributed by atoms with van der Waals surface area (Å²) >= 11 is 0. The van der Waals surface area contributed by atoms with Crippen molar-refractivity contribution in [3.8, 4) is 89.3 Å². The van der Waals surface area contributed by atoms with Crippen LogP contribution in [0, 0.1) is 0 Å². The highest BCUT2D eigenvalue weighted by atomic mass is 15.0. The Hall–Kier alpha value is -9.76. The molecule has 0 radical (unpaired) electrons. The van der Waals surface area contributed by atoms with Gasteiger partial charge in [-0.1, -0.05) is 224 Å². The second-order valence-electron chi connectivity index (χ2n) is 19.3. The molecule has 0 aliphatic carbocycles. The second kappa shape index (κ2) is 18.1. The summed E-state index contributed by atoms with van der Waals surface area (Å²) in [5.74, 6) is 0. The third kappa shape index (κ3) is 7.52. The normalized spacial score (nSPS) is 11.5. The zero-order valence-electron chi connectivity index (χ0n) is 40.6. The van der Waals surface area contributed by atoms with Crippen LogP contribution in [-0.4, -0.2) is 9.13 Å². The quantitative estimate of drug-likeness (QED) is 0.136. The Bertz CT molecular complexity index is 4400. The molecule has 0 atom stereocenters. The first-order valence-electron chi connectivity index (χ1n) is 25.5. The molecule has 0 aliphatic heterocycles. The van der Waals surface area contributed by atoms with Crippen molar-refractivity contribution < 1.29 is 0 Å². The molecule has 2 heteroatoms. The third-order valence-corrected chi connectivity index (χ3v) is 14.9.